The van der Waals surface area contributed by atoms with Crippen molar-refractivity contribution < 1.29 is 23.1 Å². The Morgan fingerprint density at radius 2 is 1.56 bits per heavy atom. The highest BCUT2D eigenvalue weighted by atomic mass is 32.1. The minimum Gasteiger partial charge on any atom is -0.475 e. The number of thiocarbonyl (C=S) groups is 1. The molecule has 0 spiro atoms. The summed E-state index contributed by atoms with van der Waals surface area (Å²) in [6.45, 7) is 0. The highest BCUT2D eigenvalue weighted by Crippen LogP contribution is 2.13. The Labute approximate surface area is 54.3 Å². The van der Waals surface area contributed by atoms with Crippen molar-refractivity contribution in [2.24, 2.45) is 0 Å². The number of halogens is 3. The quantitative estimate of drug-likeness (QED) is 0.542. The van der Waals surface area contributed by atoms with Gasteiger partial charge in [-0.2, -0.15) is 13.2 Å². The second kappa shape index (κ2) is 4.25. The van der Waals surface area contributed by atoms with Gasteiger partial charge in [0.25, 0.3) is 0 Å². The average Bonchev–Trinajstić information content (AvgIpc) is 1.69. The zero-order valence-electron chi connectivity index (χ0n) is 4.10. The van der Waals surface area contributed by atoms with Crippen molar-refractivity contribution in [1.29, 1.82) is 0 Å². The number of aliphatic carboxylic acids is 1. The van der Waals surface area contributed by atoms with Crippen LogP contribution in [0.15, 0.2) is 0 Å². The Bertz CT molecular complexity index is 99.7. The van der Waals surface area contributed by atoms with Gasteiger partial charge in [0, 0.05) is 0 Å². The summed E-state index contributed by atoms with van der Waals surface area (Å²) in [6, 6.07) is 0. The van der Waals surface area contributed by atoms with Crippen LogP contribution in [0.2, 0.25) is 0 Å². The number of carbonyl (C=O) groups is 1. The number of alkyl halides is 3. The zero-order chi connectivity index (χ0) is 8.08. The highest BCUT2D eigenvalue weighted by Gasteiger charge is 2.38. The van der Waals surface area contributed by atoms with Gasteiger partial charge in [-0.1, -0.05) is 12.2 Å². The third kappa shape index (κ3) is 7.35. The molecule has 0 aliphatic rings. The molecule has 0 radical (unpaired) electrons. The minimum atomic E-state index is -5.08. The molecule has 0 bridgehead atoms. The Balaban J connectivity index is 0. The molecule has 0 aliphatic carbocycles. The van der Waals surface area contributed by atoms with Crippen molar-refractivity contribution in [1.82, 2.24) is 0 Å². The van der Waals surface area contributed by atoms with Crippen LogP contribution >= 0.6 is 12.2 Å². The highest BCUT2D eigenvalue weighted by molar-refractivity contribution is 7.77. The van der Waals surface area contributed by atoms with E-state index in [9.17, 15) is 13.2 Å². The van der Waals surface area contributed by atoms with Gasteiger partial charge < -0.3 is 5.11 Å². The van der Waals surface area contributed by atoms with E-state index in [1.165, 1.54) is 0 Å². The molecule has 54 valence electrons. The Morgan fingerprint density at radius 1 is 1.44 bits per heavy atom. The molecule has 0 aromatic heterocycles. The minimum absolute atomic E-state index is 2.76. The first kappa shape index (κ1) is 11.2. The summed E-state index contributed by atoms with van der Waals surface area (Å²) in [5, 5.41) is 7.12. The summed E-state index contributed by atoms with van der Waals surface area (Å²) in [5.41, 5.74) is 0. The summed E-state index contributed by atoms with van der Waals surface area (Å²) in [4.78, 5) is 8.90. The van der Waals surface area contributed by atoms with Gasteiger partial charge in [0.1, 0.15) is 0 Å². The third-order valence-corrected chi connectivity index (χ3v) is 0.243. The molecule has 0 atom stereocenters. The molecule has 0 fully saturated rings. The molecule has 0 unspecified atom stereocenters. The van der Waals surface area contributed by atoms with Gasteiger partial charge in [-0.15, -0.1) is 0 Å². The lowest BCUT2D eigenvalue weighted by molar-refractivity contribution is -0.192. The molecule has 0 aromatic carbocycles. The fourth-order valence-corrected chi connectivity index (χ4v) is 0. The van der Waals surface area contributed by atoms with Crippen molar-refractivity contribution in [3.05, 3.63) is 0 Å². The smallest absolute Gasteiger partial charge is 0.475 e. The van der Waals surface area contributed by atoms with Crippen LogP contribution in [0.4, 0.5) is 13.2 Å². The molecule has 0 aromatic rings. The van der Waals surface area contributed by atoms with Crippen LogP contribution in [0.1, 0.15) is 0 Å². The van der Waals surface area contributed by atoms with Gasteiger partial charge in [-0.25, -0.2) is 4.79 Å². The first-order valence-corrected chi connectivity index (χ1v) is 2.11. The Hall–Kier alpha value is -0.650. The van der Waals surface area contributed by atoms with Crippen LogP contribution < -0.4 is 0 Å². The van der Waals surface area contributed by atoms with Crippen LogP contribution in [-0.4, -0.2) is 23.1 Å². The molecule has 1 N–H and O–H groups in total. The standard InChI is InChI=1S/C2HF3O2.CH2S/c3-2(4,5)1(6)7;1-2/h(H,6,7);1H2. The van der Waals surface area contributed by atoms with Crippen molar-refractivity contribution >= 4 is 24.1 Å². The molecular formula is C3H3F3O2S. The molecule has 0 saturated heterocycles. The van der Waals surface area contributed by atoms with Crippen molar-refractivity contribution in [2.45, 2.75) is 6.18 Å². The van der Waals surface area contributed by atoms with E-state index in [0.717, 1.165) is 0 Å². The zero-order valence-corrected chi connectivity index (χ0v) is 4.92. The number of carboxylic acids is 1. The van der Waals surface area contributed by atoms with Crippen molar-refractivity contribution in [3.63, 3.8) is 0 Å². The Kier molecular flexibility index (Phi) is 5.28. The maximum atomic E-state index is 10.6. The Morgan fingerprint density at radius 3 is 1.56 bits per heavy atom. The van der Waals surface area contributed by atoms with Crippen molar-refractivity contribution in [2.75, 3.05) is 0 Å². The van der Waals surface area contributed by atoms with Gasteiger partial charge in [-0.3, -0.25) is 0 Å². The fourth-order valence-electron chi connectivity index (χ4n) is 0. The molecular weight excluding hydrogens is 157 g/mol. The number of hydrogen-bond donors (Lipinski definition) is 1. The van der Waals surface area contributed by atoms with Crippen molar-refractivity contribution in [3.8, 4) is 0 Å². The van der Waals surface area contributed by atoms with E-state index in [4.69, 9.17) is 9.90 Å². The molecule has 9 heavy (non-hydrogen) atoms. The van der Waals surface area contributed by atoms with Crippen LogP contribution in [0.25, 0.3) is 0 Å². The number of hydrogen-bond acceptors (Lipinski definition) is 2. The topological polar surface area (TPSA) is 37.3 Å². The number of rotatable bonds is 0. The molecule has 6 heteroatoms. The van der Waals surface area contributed by atoms with Crippen LogP contribution in [0.5, 0.6) is 0 Å². The molecule has 0 heterocycles. The van der Waals surface area contributed by atoms with Gasteiger partial charge in [0.05, 0.1) is 0 Å². The lowest BCUT2D eigenvalue weighted by Crippen LogP contribution is -2.21. The molecule has 0 rings (SSSR count). The fraction of sp³-hybridized carbons (Fsp3) is 0.333. The van der Waals surface area contributed by atoms with Crippen LogP contribution in [0, 0.1) is 0 Å². The van der Waals surface area contributed by atoms with E-state index >= 15 is 0 Å². The normalized spacial score (nSPS) is 9.22. The van der Waals surface area contributed by atoms with Crippen LogP contribution in [0.3, 0.4) is 0 Å². The van der Waals surface area contributed by atoms with Crippen LogP contribution in [-0.2, 0) is 4.79 Å². The second-order valence-electron chi connectivity index (χ2n) is 0.803. The van der Waals surface area contributed by atoms with E-state index in [1.54, 1.807) is 0 Å². The summed E-state index contributed by atoms with van der Waals surface area (Å²) >= 11 is 3.83. The number of carboxylic acid groups (broad SMARTS) is 1. The van der Waals surface area contributed by atoms with Gasteiger partial charge in [0.2, 0.25) is 0 Å². The molecule has 0 amide bonds. The van der Waals surface area contributed by atoms with E-state index < -0.39 is 12.1 Å². The summed E-state index contributed by atoms with van der Waals surface area (Å²) in [6.07, 6.45) is -5.08. The average molecular weight is 160 g/mol. The second-order valence-corrected chi connectivity index (χ2v) is 0.803. The van der Waals surface area contributed by atoms with E-state index in [-0.39, 0.29) is 0 Å². The first-order chi connectivity index (χ1) is 3.94. The predicted octanol–water partition coefficient (Wildman–Crippen LogP) is 1.25. The maximum Gasteiger partial charge on any atom is 0.490 e. The first-order valence-electron chi connectivity index (χ1n) is 1.53. The predicted molar refractivity (Wildman–Crippen MR) is 28.4 cm³/mol. The largest absolute Gasteiger partial charge is 0.490 e. The molecule has 2 nitrogen and oxygen atoms in total. The lowest BCUT2D eigenvalue weighted by atomic mass is 10.7. The van der Waals surface area contributed by atoms with E-state index in [0.29, 0.717) is 0 Å². The van der Waals surface area contributed by atoms with Gasteiger partial charge >= 0.3 is 12.1 Å². The van der Waals surface area contributed by atoms with Gasteiger partial charge in [0.15, 0.2) is 0 Å². The monoisotopic (exact) mass is 160 g/mol. The summed E-state index contributed by atoms with van der Waals surface area (Å²) < 4.78 is 31.7. The third-order valence-electron chi connectivity index (χ3n) is 0.243. The van der Waals surface area contributed by atoms with Gasteiger partial charge in [-0.05, 0) is 5.87 Å². The SMILES string of the molecule is C=S.O=C(O)C(F)(F)F. The summed E-state index contributed by atoms with van der Waals surface area (Å²) in [7, 11) is 0. The summed E-state index contributed by atoms with van der Waals surface area (Å²) in [5.74, 6) is 0.0764. The van der Waals surface area contributed by atoms with E-state index in [2.05, 4.69) is 18.1 Å². The lowest BCUT2D eigenvalue weighted by Gasteiger charge is -1.93. The molecule has 0 saturated carbocycles. The molecule has 0 aliphatic heterocycles. The maximum absolute atomic E-state index is 10.6. The van der Waals surface area contributed by atoms with E-state index in [1.807, 2.05) is 0 Å².